The van der Waals surface area contributed by atoms with Crippen LogP contribution in [0.15, 0.2) is 67.0 Å². The summed E-state index contributed by atoms with van der Waals surface area (Å²) >= 11 is 0. The maximum atomic E-state index is 5.12. The summed E-state index contributed by atoms with van der Waals surface area (Å²) in [5.74, 6) is 0.601. The van der Waals surface area contributed by atoms with E-state index in [2.05, 4.69) is 44.1 Å². The van der Waals surface area contributed by atoms with Crippen molar-refractivity contribution in [3.63, 3.8) is 0 Å². The van der Waals surface area contributed by atoms with Gasteiger partial charge in [-0.25, -0.2) is 4.98 Å². The highest BCUT2D eigenvalue weighted by Crippen LogP contribution is 2.17. The van der Waals surface area contributed by atoms with Crippen LogP contribution in [0.25, 0.3) is 0 Å². The van der Waals surface area contributed by atoms with E-state index in [-0.39, 0.29) is 0 Å². The van der Waals surface area contributed by atoms with Gasteiger partial charge in [-0.05, 0) is 11.1 Å². The van der Waals surface area contributed by atoms with Crippen LogP contribution in [0.4, 0.5) is 5.95 Å². The Hall–Kier alpha value is -2.95. The fourth-order valence-corrected chi connectivity index (χ4v) is 2.33. The molecule has 0 N–H and O–H groups in total. The summed E-state index contributed by atoms with van der Waals surface area (Å²) in [6.07, 6.45) is 1.48. The second-order valence-corrected chi connectivity index (χ2v) is 5.10. The van der Waals surface area contributed by atoms with Crippen molar-refractivity contribution in [2.24, 2.45) is 0 Å². The van der Waals surface area contributed by atoms with E-state index in [1.807, 2.05) is 36.4 Å². The van der Waals surface area contributed by atoms with Crippen LogP contribution in [0.2, 0.25) is 0 Å². The zero-order chi connectivity index (χ0) is 15.9. The summed E-state index contributed by atoms with van der Waals surface area (Å²) in [6, 6.07) is 20.8. The van der Waals surface area contributed by atoms with Gasteiger partial charge in [0.25, 0.3) is 0 Å². The monoisotopic (exact) mass is 306 g/mol. The van der Waals surface area contributed by atoms with E-state index in [0.29, 0.717) is 25.0 Å². The fourth-order valence-electron chi connectivity index (χ4n) is 2.33. The van der Waals surface area contributed by atoms with Crippen molar-refractivity contribution in [1.82, 2.24) is 15.0 Å². The standard InChI is InChI=1S/C18H18N4O/c1-23-18-20-14-19-17(21-18)22(12-15-8-4-2-5-9-15)13-16-10-6-3-7-11-16/h2-11,14H,12-13H2,1H3. The van der Waals surface area contributed by atoms with Gasteiger partial charge in [-0.15, -0.1) is 0 Å². The average molecular weight is 306 g/mol. The molecule has 2 aromatic carbocycles. The summed E-state index contributed by atoms with van der Waals surface area (Å²) in [7, 11) is 1.55. The van der Waals surface area contributed by atoms with E-state index in [9.17, 15) is 0 Å². The summed E-state index contributed by atoms with van der Waals surface area (Å²) < 4.78 is 5.12. The lowest BCUT2D eigenvalue weighted by Crippen LogP contribution is -2.24. The Bertz CT molecular complexity index is 693. The molecule has 0 amide bonds. The smallest absolute Gasteiger partial charge is 0.320 e. The number of anilines is 1. The third-order valence-electron chi connectivity index (χ3n) is 3.43. The zero-order valence-electron chi connectivity index (χ0n) is 13.0. The van der Waals surface area contributed by atoms with E-state index in [1.54, 1.807) is 7.11 Å². The number of aromatic nitrogens is 3. The number of benzene rings is 2. The first-order valence-electron chi connectivity index (χ1n) is 7.41. The van der Waals surface area contributed by atoms with Gasteiger partial charge in [0.05, 0.1) is 7.11 Å². The Morgan fingerprint density at radius 1 is 0.826 bits per heavy atom. The van der Waals surface area contributed by atoms with Crippen molar-refractivity contribution in [2.75, 3.05) is 12.0 Å². The third-order valence-corrected chi connectivity index (χ3v) is 3.43. The molecule has 0 aliphatic heterocycles. The molecule has 0 atom stereocenters. The summed E-state index contributed by atoms with van der Waals surface area (Å²) in [4.78, 5) is 14.8. The maximum absolute atomic E-state index is 5.12. The zero-order valence-corrected chi connectivity index (χ0v) is 13.0. The highest BCUT2D eigenvalue weighted by Gasteiger charge is 2.12. The Balaban J connectivity index is 1.88. The molecule has 23 heavy (non-hydrogen) atoms. The van der Waals surface area contributed by atoms with Gasteiger partial charge >= 0.3 is 6.01 Å². The molecule has 1 heterocycles. The molecule has 0 saturated heterocycles. The SMILES string of the molecule is COc1ncnc(N(Cc2ccccc2)Cc2ccccc2)n1. The van der Waals surface area contributed by atoms with E-state index >= 15 is 0 Å². The van der Waals surface area contributed by atoms with Crippen LogP contribution in [-0.4, -0.2) is 22.1 Å². The predicted molar refractivity (Wildman–Crippen MR) is 89.2 cm³/mol. The van der Waals surface area contributed by atoms with Crippen molar-refractivity contribution in [2.45, 2.75) is 13.1 Å². The van der Waals surface area contributed by atoms with Gasteiger partial charge in [0.2, 0.25) is 5.95 Å². The van der Waals surface area contributed by atoms with E-state index in [0.717, 1.165) is 0 Å². The van der Waals surface area contributed by atoms with Crippen molar-refractivity contribution in [3.8, 4) is 6.01 Å². The molecule has 0 saturated carbocycles. The van der Waals surface area contributed by atoms with Crippen molar-refractivity contribution in [1.29, 1.82) is 0 Å². The van der Waals surface area contributed by atoms with Gasteiger partial charge in [0.15, 0.2) is 0 Å². The molecule has 0 radical (unpaired) electrons. The van der Waals surface area contributed by atoms with Crippen LogP contribution in [0.1, 0.15) is 11.1 Å². The number of hydrogen-bond acceptors (Lipinski definition) is 5. The topological polar surface area (TPSA) is 51.1 Å². The number of hydrogen-bond donors (Lipinski definition) is 0. The first-order chi connectivity index (χ1) is 11.3. The van der Waals surface area contributed by atoms with Gasteiger partial charge in [0.1, 0.15) is 6.33 Å². The molecular formula is C18H18N4O. The van der Waals surface area contributed by atoms with E-state index in [1.165, 1.54) is 17.5 Å². The molecule has 0 unspecified atom stereocenters. The molecule has 0 spiro atoms. The first kappa shape index (κ1) is 15.0. The molecule has 0 aliphatic carbocycles. The lowest BCUT2D eigenvalue weighted by molar-refractivity contribution is 0.377. The van der Waals surface area contributed by atoms with Crippen LogP contribution in [0.3, 0.4) is 0 Å². The Morgan fingerprint density at radius 3 is 1.91 bits per heavy atom. The van der Waals surface area contributed by atoms with Gasteiger partial charge in [-0.3, -0.25) is 0 Å². The number of ether oxygens (including phenoxy) is 1. The van der Waals surface area contributed by atoms with Crippen LogP contribution in [-0.2, 0) is 13.1 Å². The lowest BCUT2D eigenvalue weighted by atomic mass is 10.2. The molecule has 3 aromatic rings. The fraction of sp³-hybridized carbons (Fsp3) is 0.167. The molecule has 116 valence electrons. The second kappa shape index (κ2) is 7.35. The van der Waals surface area contributed by atoms with E-state index < -0.39 is 0 Å². The minimum absolute atomic E-state index is 0.320. The van der Waals surface area contributed by atoms with Crippen molar-refractivity contribution >= 4 is 5.95 Å². The third kappa shape index (κ3) is 4.03. The predicted octanol–water partition coefficient (Wildman–Crippen LogP) is 3.09. The minimum atomic E-state index is 0.320. The molecule has 0 bridgehead atoms. The van der Waals surface area contributed by atoms with Gasteiger partial charge in [-0.1, -0.05) is 60.7 Å². The quantitative estimate of drug-likeness (QED) is 0.700. The van der Waals surface area contributed by atoms with Crippen molar-refractivity contribution in [3.05, 3.63) is 78.1 Å². The minimum Gasteiger partial charge on any atom is -0.467 e. The molecular weight excluding hydrogens is 288 g/mol. The van der Waals surface area contributed by atoms with Gasteiger partial charge in [-0.2, -0.15) is 9.97 Å². The largest absolute Gasteiger partial charge is 0.467 e. The average Bonchev–Trinajstić information content (AvgIpc) is 2.63. The highest BCUT2D eigenvalue weighted by molar-refractivity contribution is 5.34. The summed E-state index contributed by atoms with van der Waals surface area (Å²) in [5.41, 5.74) is 2.39. The van der Waals surface area contributed by atoms with Crippen molar-refractivity contribution < 1.29 is 4.74 Å². The Morgan fingerprint density at radius 2 is 1.39 bits per heavy atom. The molecule has 5 heteroatoms. The summed E-state index contributed by atoms with van der Waals surface area (Å²) in [5, 5.41) is 0. The second-order valence-electron chi connectivity index (χ2n) is 5.10. The summed E-state index contributed by atoms with van der Waals surface area (Å²) in [6.45, 7) is 1.42. The molecule has 5 nitrogen and oxygen atoms in total. The van der Waals surface area contributed by atoms with Crippen LogP contribution in [0, 0.1) is 0 Å². The maximum Gasteiger partial charge on any atom is 0.320 e. The lowest BCUT2D eigenvalue weighted by Gasteiger charge is -2.22. The van der Waals surface area contributed by atoms with Gasteiger partial charge < -0.3 is 9.64 Å². The van der Waals surface area contributed by atoms with Gasteiger partial charge in [0, 0.05) is 13.1 Å². The van der Waals surface area contributed by atoms with E-state index in [4.69, 9.17) is 4.74 Å². The molecule has 1 aromatic heterocycles. The number of nitrogens with zero attached hydrogens (tertiary/aromatic N) is 4. The normalized spacial score (nSPS) is 10.3. The molecule has 0 aliphatic rings. The Labute approximate surface area is 135 Å². The first-order valence-corrected chi connectivity index (χ1v) is 7.41. The Kier molecular flexibility index (Phi) is 4.79. The molecule has 0 fully saturated rings. The number of methoxy groups -OCH3 is 1. The highest BCUT2D eigenvalue weighted by atomic mass is 16.5. The molecule has 3 rings (SSSR count). The van der Waals surface area contributed by atoms with Crippen LogP contribution < -0.4 is 9.64 Å². The van der Waals surface area contributed by atoms with Crippen LogP contribution >= 0.6 is 0 Å². The van der Waals surface area contributed by atoms with Crippen LogP contribution in [0.5, 0.6) is 6.01 Å². The number of rotatable bonds is 6.